The molecule has 0 aliphatic rings. The predicted octanol–water partition coefficient (Wildman–Crippen LogP) is 3.84. The largest absolute Gasteiger partial charge is 0.385 e. The molecule has 0 amide bonds. The minimum atomic E-state index is -0.258. The van der Waals surface area contributed by atoms with Gasteiger partial charge in [0.1, 0.15) is 5.82 Å². The molecular weight excluding hydrogens is 281 g/mol. The van der Waals surface area contributed by atoms with Gasteiger partial charge < -0.3 is 9.84 Å². The Balaban J connectivity index is 1.59. The average Bonchev–Trinajstić information content (AvgIpc) is 2.97. The van der Waals surface area contributed by atoms with Crippen molar-refractivity contribution in [3.63, 3.8) is 0 Å². The summed E-state index contributed by atoms with van der Waals surface area (Å²) in [5.41, 5.74) is 2.83. The highest BCUT2D eigenvalue weighted by Crippen LogP contribution is 2.17. The molecule has 0 bridgehead atoms. The fraction of sp³-hybridized carbons (Fsp3) is 0.176. The topological polar surface area (TPSA) is 51.0 Å². The zero-order valence-electron chi connectivity index (χ0n) is 12.2. The monoisotopic (exact) mass is 297 g/mol. The summed E-state index contributed by atoms with van der Waals surface area (Å²) >= 11 is 0. The van der Waals surface area contributed by atoms with Gasteiger partial charge in [0.15, 0.2) is 5.82 Å². The van der Waals surface area contributed by atoms with Gasteiger partial charge in [-0.2, -0.15) is 4.98 Å². The van der Waals surface area contributed by atoms with Crippen LogP contribution in [-0.2, 0) is 6.42 Å². The molecule has 0 fully saturated rings. The third kappa shape index (κ3) is 3.49. The normalized spacial score (nSPS) is 10.6. The number of nitrogens with zero attached hydrogens (tertiary/aromatic N) is 2. The van der Waals surface area contributed by atoms with Crippen molar-refractivity contribution in [2.45, 2.75) is 13.3 Å². The minimum Gasteiger partial charge on any atom is -0.385 e. The van der Waals surface area contributed by atoms with Crippen LogP contribution in [0.2, 0.25) is 0 Å². The Kier molecular flexibility index (Phi) is 4.14. The first-order valence-electron chi connectivity index (χ1n) is 7.10. The number of halogens is 1. The Labute approximate surface area is 128 Å². The molecular formula is C17H16FN3O. The Hall–Kier alpha value is -2.69. The Morgan fingerprint density at radius 1 is 1.14 bits per heavy atom. The molecule has 1 N–H and O–H groups in total. The van der Waals surface area contributed by atoms with E-state index >= 15 is 0 Å². The van der Waals surface area contributed by atoms with E-state index < -0.39 is 0 Å². The van der Waals surface area contributed by atoms with E-state index in [0.29, 0.717) is 24.7 Å². The first-order valence-corrected chi connectivity index (χ1v) is 7.10. The molecule has 0 aliphatic carbocycles. The van der Waals surface area contributed by atoms with Crippen molar-refractivity contribution < 1.29 is 8.91 Å². The highest BCUT2D eigenvalue weighted by Gasteiger charge is 2.08. The molecule has 4 nitrogen and oxygen atoms in total. The predicted molar refractivity (Wildman–Crippen MR) is 83.1 cm³/mol. The van der Waals surface area contributed by atoms with E-state index in [9.17, 15) is 4.39 Å². The quantitative estimate of drug-likeness (QED) is 0.777. The molecule has 2 aromatic carbocycles. The number of benzene rings is 2. The van der Waals surface area contributed by atoms with Gasteiger partial charge in [0.05, 0.1) is 0 Å². The number of nitrogens with one attached hydrogen (secondary N) is 1. The summed E-state index contributed by atoms with van der Waals surface area (Å²) < 4.78 is 18.3. The third-order valence-corrected chi connectivity index (χ3v) is 3.27. The van der Waals surface area contributed by atoms with Crippen molar-refractivity contribution in [2.24, 2.45) is 0 Å². The van der Waals surface area contributed by atoms with Gasteiger partial charge in [-0.05, 0) is 37.3 Å². The molecule has 22 heavy (non-hydrogen) atoms. The summed E-state index contributed by atoms with van der Waals surface area (Å²) in [6.07, 6.45) is 0.603. The van der Waals surface area contributed by atoms with Gasteiger partial charge in [-0.3, -0.25) is 0 Å². The molecule has 0 radical (unpaired) electrons. The zero-order valence-corrected chi connectivity index (χ0v) is 12.2. The van der Waals surface area contributed by atoms with Gasteiger partial charge in [-0.15, -0.1) is 0 Å². The number of rotatable bonds is 5. The Morgan fingerprint density at radius 2 is 1.95 bits per heavy atom. The lowest BCUT2D eigenvalue weighted by molar-refractivity contribution is 0.423. The van der Waals surface area contributed by atoms with E-state index in [1.54, 1.807) is 6.07 Å². The lowest BCUT2D eigenvalue weighted by atomic mass is 10.1. The maximum absolute atomic E-state index is 13.1. The summed E-state index contributed by atoms with van der Waals surface area (Å²) in [6.45, 7) is 2.64. The number of hydrogen-bond donors (Lipinski definition) is 1. The highest BCUT2D eigenvalue weighted by molar-refractivity contribution is 5.53. The first kappa shape index (κ1) is 14.3. The van der Waals surface area contributed by atoms with Crippen LogP contribution in [0.25, 0.3) is 11.5 Å². The van der Waals surface area contributed by atoms with Gasteiger partial charge in [-0.1, -0.05) is 28.9 Å². The smallest absolute Gasteiger partial charge is 0.257 e. The molecule has 0 unspecified atom stereocenters. The molecule has 112 valence electrons. The summed E-state index contributed by atoms with van der Waals surface area (Å²) in [5.74, 6) is 0.881. The van der Waals surface area contributed by atoms with Crippen molar-refractivity contribution in [3.05, 3.63) is 65.7 Å². The Morgan fingerprint density at radius 3 is 2.73 bits per heavy atom. The standard InChI is InChI=1S/C17H16FN3O/c1-12-5-7-13(8-6-12)17-20-16(21-22-17)9-10-19-15-4-2-3-14(18)11-15/h2-8,11,19H,9-10H2,1H3. The van der Waals surface area contributed by atoms with Crippen LogP contribution < -0.4 is 5.32 Å². The van der Waals surface area contributed by atoms with Gasteiger partial charge in [0.25, 0.3) is 5.89 Å². The molecule has 0 aliphatic heterocycles. The van der Waals surface area contributed by atoms with Crippen molar-refractivity contribution in [1.82, 2.24) is 10.1 Å². The Bertz CT molecular complexity index is 753. The lowest BCUT2D eigenvalue weighted by Crippen LogP contribution is -2.06. The maximum Gasteiger partial charge on any atom is 0.257 e. The van der Waals surface area contributed by atoms with Crippen LogP contribution in [0.3, 0.4) is 0 Å². The fourth-order valence-corrected chi connectivity index (χ4v) is 2.09. The van der Waals surface area contributed by atoms with Gasteiger partial charge in [0.2, 0.25) is 0 Å². The van der Waals surface area contributed by atoms with Crippen LogP contribution in [0.5, 0.6) is 0 Å². The highest BCUT2D eigenvalue weighted by atomic mass is 19.1. The molecule has 0 saturated carbocycles. The second-order valence-corrected chi connectivity index (χ2v) is 5.07. The van der Waals surface area contributed by atoms with Crippen LogP contribution in [0.1, 0.15) is 11.4 Å². The SMILES string of the molecule is Cc1ccc(-c2nc(CCNc3cccc(F)c3)no2)cc1. The van der Waals surface area contributed by atoms with E-state index in [4.69, 9.17) is 4.52 Å². The lowest BCUT2D eigenvalue weighted by Gasteiger charge is -2.03. The molecule has 5 heteroatoms. The molecule has 0 saturated heterocycles. The summed E-state index contributed by atoms with van der Waals surface area (Å²) in [6, 6.07) is 14.3. The molecule has 0 spiro atoms. The van der Waals surface area contributed by atoms with Crippen LogP contribution in [-0.4, -0.2) is 16.7 Å². The van der Waals surface area contributed by atoms with Crippen LogP contribution in [0.4, 0.5) is 10.1 Å². The minimum absolute atomic E-state index is 0.258. The summed E-state index contributed by atoms with van der Waals surface area (Å²) in [7, 11) is 0. The molecule has 3 aromatic rings. The zero-order chi connectivity index (χ0) is 15.4. The van der Waals surface area contributed by atoms with Crippen molar-refractivity contribution in [1.29, 1.82) is 0 Å². The summed E-state index contributed by atoms with van der Waals surface area (Å²) in [5, 5.41) is 7.09. The average molecular weight is 297 g/mol. The van der Waals surface area contributed by atoms with Gasteiger partial charge in [0, 0.05) is 24.2 Å². The van der Waals surface area contributed by atoms with E-state index in [-0.39, 0.29) is 5.82 Å². The van der Waals surface area contributed by atoms with E-state index in [2.05, 4.69) is 15.5 Å². The molecule has 3 rings (SSSR count). The second-order valence-electron chi connectivity index (χ2n) is 5.07. The number of aryl methyl sites for hydroxylation is 1. The molecule has 0 atom stereocenters. The summed E-state index contributed by atoms with van der Waals surface area (Å²) in [4.78, 5) is 4.37. The molecule has 1 aromatic heterocycles. The van der Waals surface area contributed by atoms with E-state index in [1.807, 2.05) is 37.3 Å². The van der Waals surface area contributed by atoms with Crippen molar-refractivity contribution in [2.75, 3.05) is 11.9 Å². The third-order valence-electron chi connectivity index (χ3n) is 3.27. The fourth-order valence-electron chi connectivity index (χ4n) is 2.09. The number of hydrogen-bond acceptors (Lipinski definition) is 4. The maximum atomic E-state index is 13.1. The number of anilines is 1. The number of aromatic nitrogens is 2. The van der Waals surface area contributed by atoms with Crippen LogP contribution in [0.15, 0.2) is 53.1 Å². The van der Waals surface area contributed by atoms with Crippen molar-refractivity contribution in [3.8, 4) is 11.5 Å². The van der Waals surface area contributed by atoms with E-state index in [0.717, 1.165) is 11.3 Å². The van der Waals surface area contributed by atoms with Crippen molar-refractivity contribution >= 4 is 5.69 Å². The van der Waals surface area contributed by atoms with Gasteiger partial charge in [-0.25, -0.2) is 4.39 Å². The van der Waals surface area contributed by atoms with Gasteiger partial charge >= 0.3 is 0 Å². The van der Waals surface area contributed by atoms with E-state index in [1.165, 1.54) is 17.7 Å². The second kappa shape index (κ2) is 6.39. The van der Waals surface area contributed by atoms with Crippen LogP contribution >= 0.6 is 0 Å². The van der Waals surface area contributed by atoms with Crippen LogP contribution in [0, 0.1) is 12.7 Å². The first-order chi connectivity index (χ1) is 10.7. The molecule has 1 heterocycles.